The van der Waals surface area contributed by atoms with Crippen LogP contribution >= 0.6 is 0 Å². The van der Waals surface area contributed by atoms with E-state index in [2.05, 4.69) is 10.1 Å². The van der Waals surface area contributed by atoms with Crippen LogP contribution in [0.25, 0.3) is 5.65 Å². The molecule has 0 radical (unpaired) electrons. The lowest BCUT2D eigenvalue weighted by Gasteiger charge is -2.13. The SMILES string of the molecule is CC(C)(O)Cc1nc2cc(N)ccn2n1. The van der Waals surface area contributed by atoms with Gasteiger partial charge < -0.3 is 10.8 Å². The van der Waals surface area contributed by atoms with Crippen molar-refractivity contribution in [1.82, 2.24) is 14.6 Å². The largest absolute Gasteiger partial charge is 0.399 e. The molecule has 0 aliphatic heterocycles. The molecule has 2 rings (SSSR count). The molecule has 0 aromatic carbocycles. The minimum Gasteiger partial charge on any atom is -0.399 e. The summed E-state index contributed by atoms with van der Waals surface area (Å²) < 4.78 is 1.65. The summed E-state index contributed by atoms with van der Waals surface area (Å²) in [6, 6.07) is 3.51. The lowest BCUT2D eigenvalue weighted by Crippen LogP contribution is -2.22. The van der Waals surface area contributed by atoms with Gasteiger partial charge in [-0.3, -0.25) is 0 Å². The predicted octanol–water partition coefficient (Wildman–Crippen LogP) is 0.625. The Kier molecular flexibility index (Phi) is 2.12. The molecule has 0 saturated carbocycles. The lowest BCUT2D eigenvalue weighted by molar-refractivity contribution is 0.0789. The highest BCUT2D eigenvalue weighted by atomic mass is 16.3. The number of anilines is 1. The summed E-state index contributed by atoms with van der Waals surface area (Å²) in [5, 5.41) is 13.9. The summed E-state index contributed by atoms with van der Waals surface area (Å²) in [6.07, 6.45) is 2.18. The van der Waals surface area contributed by atoms with E-state index in [4.69, 9.17) is 5.73 Å². The fourth-order valence-electron chi connectivity index (χ4n) is 1.41. The minimum absolute atomic E-state index is 0.425. The lowest BCUT2D eigenvalue weighted by atomic mass is 10.1. The van der Waals surface area contributed by atoms with Gasteiger partial charge in [-0.25, -0.2) is 9.50 Å². The summed E-state index contributed by atoms with van der Waals surface area (Å²) in [5.74, 6) is 0.619. The van der Waals surface area contributed by atoms with E-state index in [-0.39, 0.29) is 0 Å². The van der Waals surface area contributed by atoms with Gasteiger partial charge in [-0.1, -0.05) is 0 Å². The van der Waals surface area contributed by atoms with Gasteiger partial charge in [0.1, 0.15) is 0 Å². The molecule has 0 aliphatic carbocycles. The molecule has 3 N–H and O–H groups in total. The molecule has 80 valence electrons. The molecule has 0 amide bonds. The first-order chi connectivity index (χ1) is 6.94. The third-order valence-corrected chi connectivity index (χ3v) is 2.00. The third-order valence-electron chi connectivity index (χ3n) is 2.00. The van der Waals surface area contributed by atoms with Crippen LogP contribution in [0.1, 0.15) is 19.7 Å². The topological polar surface area (TPSA) is 76.4 Å². The maximum Gasteiger partial charge on any atom is 0.157 e. The highest BCUT2D eigenvalue weighted by Gasteiger charge is 2.16. The van der Waals surface area contributed by atoms with Gasteiger partial charge in [0, 0.05) is 24.4 Å². The minimum atomic E-state index is -0.795. The average Bonchev–Trinajstić information content (AvgIpc) is 2.42. The van der Waals surface area contributed by atoms with Crippen molar-refractivity contribution in [3.8, 4) is 0 Å². The summed E-state index contributed by atoms with van der Waals surface area (Å²) in [5.41, 5.74) is 6.19. The van der Waals surface area contributed by atoms with E-state index in [0.29, 0.717) is 23.6 Å². The monoisotopic (exact) mass is 206 g/mol. The van der Waals surface area contributed by atoms with Gasteiger partial charge in [-0.15, -0.1) is 0 Å². The maximum absolute atomic E-state index is 9.64. The van der Waals surface area contributed by atoms with Crippen molar-refractivity contribution in [2.45, 2.75) is 25.9 Å². The third kappa shape index (κ3) is 2.24. The number of hydrogen-bond donors (Lipinski definition) is 2. The molecule has 0 aliphatic rings. The van der Waals surface area contributed by atoms with E-state index in [1.54, 1.807) is 36.7 Å². The molecule has 0 saturated heterocycles. The number of nitrogens with zero attached hydrogens (tertiary/aromatic N) is 3. The van der Waals surface area contributed by atoms with Crippen LogP contribution in [-0.2, 0) is 6.42 Å². The zero-order valence-corrected chi connectivity index (χ0v) is 8.81. The Morgan fingerprint density at radius 1 is 1.53 bits per heavy atom. The summed E-state index contributed by atoms with van der Waals surface area (Å²) in [7, 11) is 0. The van der Waals surface area contributed by atoms with Crippen LogP contribution in [-0.4, -0.2) is 25.3 Å². The van der Waals surface area contributed by atoms with E-state index < -0.39 is 5.60 Å². The Labute approximate surface area is 87.6 Å². The van der Waals surface area contributed by atoms with E-state index in [1.807, 2.05) is 0 Å². The number of fused-ring (bicyclic) bond motifs is 1. The van der Waals surface area contributed by atoms with Crippen LogP contribution in [0.2, 0.25) is 0 Å². The zero-order valence-electron chi connectivity index (χ0n) is 8.81. The van der Waals surface area contributed by atoms with Crippen molar-refractivity contribution >= 4 is 11.3 Å². The fourth-order valence-corrected chi connectivity index (χ4v) is 1.41. The zero-order chi connectivity index (χ0) is 11.1. The first-order valence-electron chi connectivity index (χ1n) is 4.77. The van der Waals surface area contributed by atoms with Crippen molar-refractivity contribution in [2.75, 3.05) is 5.73 Å². The van der Waals surface area contributed by atoms with Gasteiger partial charge in [0.2, 0.25) is 0 Å². The van der Waals surface area contributed by atoms with Crippen LogP contribution < -0.4 is 5.73 Å². The van der Waals surface area contributed by atoms with Crippen molar-refractivity contribution in [3.63, 3.8) is 0 Å². The Morgan fingerprint density at radius 3 is 2.93 bits per heavy atom. The number of nitrogens with two attached hydrogens (primary N) is 1. The summed E-state index contributed by atoms with van der Waals surface area (Å²) in [6.45, 7) is 3.46. The van der Waals surface area contributed by atoms with Crippen molar-refractivity contribution < 1.29 is 5.11 Å². The first-order valence-corrected chi connectivity index (χ1v) is 4.77. The van der Waals surface area contributed by atoms with Crippen LogP contribution in [0.4, 0.5) is 5.69 Å². The van der Waals surface area contributed by atoms with Crippen LogP contribution in [0.5, 0.6) is 0 Å². The number of pyridine rings is 1. The molecular formula is C10H14N4O. The molecule has 2 aromatic heterocycles. The second-order valence-corrected chi connectivity index (χ2v) is 4.28. The van der Waals surface area contributed by atoms with Crippen molar-refractivity contribution in [1.29, 1.82) is 0 Å². The number of nitrogen functional groups attached to an aromatic ring is 1. The second kappa shape index (κ2) is 3.20. The predicted molar refractivity (Wildman–Crippen MR) is 57.4 cm³/mol. The van der Waals surface area contributed by atoms with E-state index in [1.165, 1.54) is 0 Å². The van der Waals surface area contributed by atoms with Crippen LogP contribution in [0, 0.1) is 0 Å². The molecular weight excluding hydrogens is 192 g/mol. The van der Waals surface area contributed by atoms with Crippen molar-refractivity contribution in [2.24, 2.45) is 0 Å². The Balaban J connectivity index is 2.39. The van der Waals surface area contributed by atoms with Gasteiger partial charge in [0.25, 0.3) is 0 Å². The smallest absolute Gasteiger partial charge is 0.157 e. The Bertz CT molecular complexity index is 484. The van der Waals surface area contributed by atoms with Gasteiger partial charge in [0.15, 0.2) is 11.5 Å². The molecule has 0 spiro atoms. The Morgan fingerprint density at radius 2 is 2.27 bits per heavy atom. The number of rotatable bonds is 2. The maximum atomic E-state index is 9.64. The summed E-state index contributed by atoms with van der Waals surface area (Å²) in [4.78, 5) is 4.27. The molecule has 2 heterocycles. The standard InChI is InChI=1S/C10H14N4O/c1-10(2,15)6-8-12-9-5-7(11)3-4-14(9)13-8/h3-5,15H,6,11H2,1-2H3. The number of hydrogen-bond acceptors (Lipinski definition) is 4. The molecule has 15 heavy (non-hydrogen) atoms. The van der Waals surface area contributed by atoms with Crippen LogP contribution in [0.3, 0.4) is 0 Å². The van der Waals surface area contributed by atoms with Crippen LogP contribution in [0.15, 0.2) is 18.3 Å². The van der Waals surface area contributed by atoms with E-state index in [9.17, 15) is 5.11 Å². The quantitative estimate of drug-likeness (QED) is 0.755. The number of aromatic nitrogens is 3. The first kappa shape index (κ1) is 9.92. The van der Waals surface area contributed by atoms with E-state index >= 15 is 0 Å². The molecule has 0 atom stereocenters. The molecule has 0 bridgehead atoms. The Hall–Kier alpha value is -1.62. The average molecular weight is 206 g/mol. The van der Waals surface area contributed by atoms with Gasteiger partial charge in [0.05, 0.1) is 5.60 Å². The van der Waals surface area contributed by atoms with Crippen molar-refractivity contribution in [3.05, 3.63) is 24.2 Å². The normalized spacial score (nSPS) is 12.2. The molecule has 2 aromatic rings. The molecule has 0 fully saturated rings. The molecule has 5 heteroatoms. The van der Waals surface area contributed by atoms with Gasteiger partial charge in [-0.2, -0.15) is 5.10 Å². The van der Waals surface area contributed by atoms with E-state index in [0.717, 1.165) is 0 Å². The van der Waals surface area contributed by atoms with Gasteiger partial charge in [-0.05, 0) is 19.9 Å². The van der Waals surface area contributed by atoms with Gasteiger partial charge >= 0.3 is 0 Å². The highest BCUT2D eigenvalue weighted by Crippen LogP contribution is 2.11. The fraction of sp³-hybridized carbons (Fsp3) is 0.400. The summed E-state index contributed by atoms with van der Waals surface area (Å²) >= 11 is 0. The second-order valence-electron chi connectivity index (χ2n) is 4.28. The molecule has 5 nitrogen and oxygen atoms in total. The molecule has 0 unspecified atom stereocenters. The number of aliphatic hydroxyl groups is 1. The highest BCUT2D eigenvalue weighted by molar-refractivity contribution is 5.50.